The summed E-state index contributed by atoms with van der Waals surface area (Å²) in [6.45, 7) is 30.3. The monoisotopic (exact) mass is 413 g/mol. The first-order valence-corrected chi connectivity index (χ1v) is 12.3. The summed E-state index contributed by atoms with van der Waals surface area (Å²) in [5.41, 5.74) is 0. The summed E-state index contributed by atoms with van der Waals surface area (Å²) in [6, 6.07) is 0. The van der Waals surface area contributed by atoms with Crippen LogP contribution in [0.15, 0.2) is 36.5 Å². The van der Waals surface area contributed by atoms with Gasteiger partial charge in [-0.2, -0.15) is 0 Å². The zero-order valence-electron chi connectivity index (χ0n) is 23.8. The summed E-state index contributed by atoms with van der Waals surface area (Å²) in [7, 11) is 0. The summed E-state index contributed by atoms with van der Waals surface area (Å²) in [5, 5.41) is 0. The molecule has 0 atom stereocenters. The highest BCUT2D eigenvalue weighted by atomic mass is 13.9. The van der Waals surface area contributed by atoms with Crippen molar-refractivity contribution in [2.45, 2.75) is 142 Å². The lowest BCUT2D eigenvalue weighted by Crippen LogP contribution is -1.50. The Labute approximate surface area is 191 Å². The van der Waals surface area contributed by atoms with Gasteiger partial charge >= 0.3 is 0 Å². The van der Waals surface area contributed by atoms with E-state index in [1.165, 1.54) is 32.1 Å². The smallest absolute Gasteiger partial charge is 0.00297 e. The van der Waals surface area contributed by atoms with Crippen LogP contribution in [0.1, 0.15) is 142 Å². The maximum Gasteiger partial charge on any atom is -0.00297 e. The first-order chi connectivity index (χ1) is 14.1. The minimum absolute atomic E-state index is 1.16. The quantitative estimate of drug-likeness (QED) is 0.296. The molecule has 0 spiro atoms. The molecular weight excluding hydrogens is 348 g/mol. The van der Waals surface area contributed by atoms with Crippen LogP contribution in [0, 0.1) is 12.3 Å². The molecule has 0 nitrogen and oxygen atoms in total. The van der Waals surface area contributed by atoms with Crippen LogP contribution in [-0.4, -0.2) is 0 Å². The molecule has 0 aromatic heterocycles. The molecule has 0 fully saturated rings. The van der Waals surface area contributed by atoms with Crippen LogP contribution in [0.25, 0.3) is 0 Å². The third-order valence-corrected chi connectivity index (χ3v) is 1.71. The lowest BCUT2D eigenvalue weighted by molar-refractivity contribution is 0.929. The van der Waals surface area contributed by atoms with Crippen LogP contribution < -0.4 is 0 Å². The topological polar surface area (TPSA) is 0 Å². The summed E-state index contributed by atoms with van der Waals surface area (Å²) >= 11 is 0. The van der Waals surface area contributed by atoms with Crippen molar-refractivity contribution in [1.82, 2.24) is 0 Å². The van der Waals surface area contributed by atoms with Crippen LogP contribution in [0.3, 0.4) is 0 Å². The van der Waals surface area contributed by atoms with Crippen molar-refractivity contribution < 1.29 is 0 Å². The molecule has 0 amide bonds. The molecule has 1 rings (SSSR count). The first-order valence-electron chi connectivity index (χ1n) is 12.3. The molecule has 1 aliphatic carbocycles. The molecule has 1 aliphatic rings. The fraction of sp³-hybridized carbons (Fsp3) is 0.724. The van der Waals surface area contributed by atoms with Crippen molar-refractivity contribution in [3.8, 4) is 12.3 Å². The molecule has 0 N–H and O–H groups in total. The van der Waals surface area contributed by atoms with Crippen molar-refractivity contribution in [3.05, 3.63) is 36.5 Å². The molecule has 0 radical (unpaired) electrons. The zero-order chi connectivity index (χ0) is 25.2. The number of terminal acetylenes is 1. The second-order valence-electron chi connectivity index (χ2n) is 4.75. The normalized spacial score (nSPS) is 8.76. The van der Waals surface area contributed by atoms with Gasteiger partial charge in [0.25, 0.3) is 0 Å². The van der Waals surface area contributed by atoms with Crippen molar-refractivity contribution >= 4 is 0 Å². The third-order valence-electron chi connectivity index (χ3n) is 1.71. The molecule has 0 aromatic carbocycles. The SMILES string of the molecule is C#CC.C/C=C\CC.C1=CCCC1.CC.CC.CC.CC=CC.CCC.CCC. The summed E-state index contributed by atoms with van der Waals surface area (Å²) in [4.78, 5) is 0. The van der Waals surface area contributed by atoms with Crippen LogP contribution in [0.4, 0.5) is 0 Å². The van der Waals surface area contributed by atoms with Crippen LogP contribution in [0.5, 0.6) is 0 Å². The molecule has 0 heteroatoms. The summed E-state index contributed by atoms with van der Waals surface area (Å²) in [5.74, 6) is 2.25. The maximum atomic E-state index is 4.60. The van der Waals surface area contributed by atoms with Gasteiger partial charge in [0.05, 0.1) is 0 Å². The van der Waals surface area contributed by atoms with Gasteiger partial charge < -0.3 is 0 Å². The molecule has 0 saturated carbocycles. The van der Waals surface area contributed by atoms with Gasteiger partial charge in [0.2, 0.25) is 0 Å². The Kier molecular flexibility index (Phi) is 225. The zero-order valence-corrected chi connectivity index (χ0v) is 23.8. The van der Waals surface area contributed by atoms with Crippen molar-refractivity contribution in [3.63, 3.8) is 0 Å². The van der Waals surface area contributed by atoms with E-state index in [9.17, 15) is 0 Å². The van der Waals surface area contributed by atoms with Gasteiger partial charge in [0.1, 0.15) is 0 Å². The Hall–Kier alpha value is -1.22. The van der Waals surface area contributed by atoms with Gasteiger partial charge in [0.15, 0.2) is 0 Å². The Morgan fingerprint density at radius 2 is 0.931 bits per heavy atom. The van der Waals surface area contributed by atoms with Crippen LogP contribution in [-0.2, 0) is 0 Å². The molecule has 0 aromatic rings. The average molecular weight is 413 g/mol. The second kappa shape index (κ2) is 128. The first kappa shape index (κ1) is 50.9. The van der Waals surface area contributed by atoms with E-state index in [0.29, 0.717) is 0 Å². The van der Waals surface area contributed by atoms with Gasteiger partial charge in [0, 0.05) is 0 Å². The Morgan fingerprint density at radius 1 is 0.690 bits per heavy atom. The van der Waals surface area contributed by atoms with E-state index in [1.54, 1.807) is 6.92 Å². The Bertz CT molecular complexity index is 223. The van der Waals surface area contributed by atoms with E-state index in [-0.39, 0.29) is 0 Å². The summed E-state index contributed by atoms with van der Waals surface area (Å²) < 4.78 is 0. The standard InChI is InChI=1S/C5H8.C5H10.C4H8.2C3H8.C3H4.3C2H6/c1-2-4-5-3-1;1-3-5-4-2;1-3-4-2;3*1-3-2;3*1-2/h1-2H,3-5H2;3,5H,4H2,1-2H3;3-4H,1-2H3;2*3H2,1-2H3;1H,2H3;3*1-2H3/b;5-3-;;;;;;;. The highest BCUT2D eigenvalue weighted by Crippen LogP contribution is 2.05. The van der Waals surface area contributed by atoms with E-state index in [1.807, 2.05) is 74.5 Å². The lowest BCUT2D eigenvalue weighted by atomic mass is 10.4. The van der Waals surface area contributed by atoms with Crippen LogP contribution in [0.2, 0.25) is 0 Å². The van der Waals surface area contributed by atoms with E-state index in [0.717, 1.165) is 6.42 Å². The van der Waals surface area contributed by atoms with Crippen LogP contribution >= 0.6 is 0 Å². The molecule has 180 valence electrons. The van der Waals surface area contributed by atoms with Gasteiger partial charge in [-0.1, -0.05) is 125 Å². The van der Waals surface area contributed by atoms with E-state index < -0.39 is 0 Å². The van der Waals surface area contributed by atoms with Crippen molar-refractivity contribution in [1.29, 1.82) is 0 Å². The molecule has 0 bridgehead atoms. The highest BCUT2D eigenvalue weighted by Gasteiger charge is 1.84. The predicted octanol–water partition coefficient (Wildman–Crippen LogP) is 11.8. The predicted molar refractivity (Wildman–Crippen MR) is 149 cm³/mol. The van der Waals surface area contributed by atoms with Crippen molar-refractivity contribution in [2.24, 2.45) is 0 Å². The molecular formula is C29H64. The minimum Gasteiger partial charge on any atom is -0.120 e. The second-order valence-corrected chi connectivity index (χ2v) is 4.75. The maximum absolute atomic E-state index is 4.60. The highest BCUT2D eigenvalue weighted by molar-refractivity contribution is 4.88. The number of rotatable bonds is 1. The molecule has 0 unspecified atom stereocenters. The van der Waals surface area contributed by atoms with E-state index in [4.69, 9.17) is 0 Å². The Morgan fingerprint density at radius 3 is 0.966 bits per heavy atom. The fourth-order valence-corrected chi connectivity index (χ4v) is 0.825. The van der Waals surface area contributed by atoms with Gasteiger partial charge in [-0.25, -0.2) is 0 Å². The van der Waals surface area contributed by atoms with Gasteiger partial charge in [-0.3, -0.25) is 0 Å². The van der Waals surface area contributed by atoms with Gasteiger partial charge in [-0.05, 0) is 53.4 Å². The summed E-state index contributed by atoms with van der Waals surface area (Å²) in [6.07, 6.45) is 24.9. The fourth-order valence-electron chi connectivity index (χ4n) is 0.825. The van der Waals surface area contributed by atoms with E-state index >= 15 is 0 Å². The minimum atomic E-state index is 1.16. The number of hydrogen-bond acceptors (Lipinski definition) is 0. The lowest BCUT2D eigenvalue weighted by Gasteiger charge is -1.69. The van der Waals surface area contributed by atoms with E-state index in [2.05, 4.69) is 71.3 Å². The average Bonchev–Trinajstić information content (AvgIpc) is 3.35. The molecule has 0 aliphatic heterocycles. The molecule has 0 heterocycles. The third kappa shape index (κ3) is 358. The molecule has 0 saturated heterocycles. The van der Waals surface area contributed by atoms with Crippen molar-refractivity contribution in [2.75, 3.05) is 0 Å². The molecule has 29 heavy (non-hydrogen) atoms. The largest absolute Gasteiger partial charge is 0.120 e. The number of hydrogen-bond donors (Lipinski definition) is 0. The Balaban J connectivity index is -0.0000000293. The number of allylic oxidation sites excluding steroid dienone is 6. The van der Waals surface area contributed by atoms with Gasteiger partial charge in [-0.15, -0.1) is 12.3 Å².